The van der Waals surface area contributed by atoms with Gasteiger partial charge in [0.25, 0.3) is 0 Å². The fraction of sp³-hybridized carbons (Fsp3) is 0.333. The van der Waals surface area contributed by atoms with E-state index >= 15 is 0 Å². The molecule has 0 N–H and O–H groups in total. The highest BCUT2D eigenvalue weighted by atomic mass is 32.1. The second-order valence-corrected chi connectivity index (χ2v) is 7.28. The van der Waals surface area contributed by atoms with E-state index in [9.17, 15) is 0 Å². The Morgan fingerprint density at radius 2 is 1.88 bits per heavy atom. The second kappa shape index (κ2) is 7.36. The van der Waals surface area contributed by atoms with E-state index < -0.39 is 0 Å². The molecule has 0 fully saturated rings. The summed E-state index contributed by atoms with van der Waals surface area (Å²) in [6.07, 6.45) is 1.17. The van der Waals surface area contributed by atoms with Crippen LogP contribution in [0.15, 0.2) is 36.4 Å². The average molecular weight is 353 g/mol. The van der Waals surface area contributed by atoms with Crippen LogP contribution in [0.4, 0.5) is 0 Å². The fourth-order valence-corrected chi connectivity index (χ4v) is 3.73. The standard InChI is InChI=1S/C21H24N2OS/c1-6-17-14(4)8-7-9-18(17)21-22-20(23-25-21)16-10-11-19(15(5)12-16)24-13(2)3/h7-13H,6H2,1-5H3. The van der Waals surface area contributed by atoms with Crippen LogP contribution in [0.2, 0.25) is 0 Å². The molecule has 25 heavy (non-hydrogen) atoms. The Bertz CT molecular complexity index is 883. The molecule has 0 radical (unpaired) electrons. The molecular weight excluding hydrogens is 328 g/mol. The first-order valence-corrected chi connectivity index (χ1v) is 9.47. The first-order chi connectivity index (χ1) is 12.0. The van der Waals surface area contributed by atoms with Crippen molar-refractivity contribution in [3.63, 3.8) is 0 Å². The molecule has 0 aliphatic heterocycles. The first kappa shape index (κ1) is 17.6. The van der Waals surface area contributed by atoms with Crippen molar-refractivity contribution in [2.45, 2.75) is 47.1 Å². The van der Waals surface area contributed by atoms with Gasteiger partial charge in [0.2, 0.25) is 0 Å². The summed E-state index contributed by atoms with van der Waals surface area (Å²) in [6, 6.07) is 12.5. The number of hydrogen-bond donors (Lipinski definition) is 0. The predicted molar refractivity (Wildman–Crippen MR) is 105 cm³/mol. The van der Waals surface area contributed by atoms with Crippen LogP contribution in [0.1, 0.15) is 37.5 Å². The summed E-state index contributed by atoms with van der Waals surface area (Å²) < 4.78 is 10.4. The van der Waals surface area contributed by atoms with Crippen LogP contribution >= 0.6 is 11.5 Å². The third kappa shape index (κ3) is 3.74. The van der Waals surface area contributed by atoms with Crippen molar-refractivity contribution in [3.05, 3.63) is 53.1 Å². The van der Waals surface area contributed by atoms with E-state index in [4.69, 9.17) is 9.72 Å². The summed E-state index contributed by atoms with van der Waals surface area (Å²) in [5.41, 5.74) is 5.99. The van der Waals surface area contributed by atoms with Gasteiger partial charge in [0, 0.05) is 11.1 Å². The molecule has 0 atom stereocenters. The Kier molecular flexibility index (Phi) is 5.19. The minimum Gasteiger partial charge on any atom is -0.491 e. The lowest BCUT2D eigenvalue weighted by atomic mass is 10.0. The largest absolute Gasteiger partial charge is 0.491 e. The smallest absolute Gasteiger partial charge is 0.173 e. The molecule has 0 bridgehead atoms. The Morgan fingerprint density at radius 1 is 1.08 bits per heavy atom. The summed E-state index contributed by atoms with van der Waals surface area (Å²) in [4.78, 5) is 4.80. The molecule has 0 amide bonds. The SMILES string of the molecule is CCc1c(C)cccc1-c1nc(-c2ccc(OC(C)C)c(C)c2)ns1. The third-order valence-electron chi connectivity index (χ3n) is 4.22. The number of hydrogen-bond acceptors (Lipinski definition) is 4. The zero-order chi connectivity index (χ0) is 18.0. The van der Waals surface area contributed by atoms with Crippen molar-refractivity contribution in [1.82, 2.24) is 9.36 Å². The maximum absolute atomic E-state index is 5.82. The van der Waals surface area contributed by atoms with Crippen molar-refractivity contribution in [1.29, 1.82) is 0 Å². The molecule has 0 saturated carbocycles. The summed E-state index contributed by atoms with van der Waals surface area (Å²) in [7, 11) is 0. The highest BCUT2D eigenvalue weighted by molar-refractivity contribution is 7.09. The van der Waals surface area contributed by atoms with Crippen LogP contribution in [0.5, 0.6) is 5.75 Å². The maximum atomic E-state index is 5.82. The van der Waals surface area contributed by atoms with Crippen molar-refractivity contribution in [2.24, 2.45) is 0 Å². The molecular formula is C21H24N2OS. The van der Waals surface area contributed by atoms with Gasteiger partial charge in [-0.3, -0.25) is 0 Å². The lowest BCUT2D eigenvalue weighted by Crippen LogP contribution is -2.06. The van der Waals surface area contributed by atoms with E-state index in [0.29, 0.717) is 0 Å². The Balaban J connectivity index is 1.95. The van der Waals surface area contributed by atoms with Crippen LogP contribution in [0, 0.1) is 13.8 Å². The van der Waals surface area contributed by atoms with E-state index in [1.165, 1.54) is 28.2 Å². The van der Waals surface area contributed by atoms with E-state index in [0.717, 1.165) is 34.1 Å². The van der Waals surface area contributed by atoms with Crippen LogP contribution in [0.3, 0.4) is 0 Å². The molecule has 1 aromatic heterocycles. The molecule has 0 unspecified atom stereocenters. The Morgan fingerprint density at radius 3 is 2.56 bits per heavy atom. The summed E-state index contributed by atoms with van der Waals surface area (Å²) in [6.45, 7) is 10.5. The molecule has 3 nitrogen and oxygen atoms in total. The molecule has 0 saturated heterocycles. The molecule has 130 valence electrons. The molecule has 0 aliphatic carbocycles. The Labute approximate surface area is 153 Å². The zero-order valence-corrected chi connectivity index (χ0v) is 16.3. The molecule has 1 heterocycles. The minimum absolute atomic E-state index is 0.169. The molecule has 3 rings (SSSR count). The van der Waals surface area contributed by atoms with Crippen LogP contribution in [-0.4, -0.2) is 15.5 Å². The van der Waals surface area contributed by atoms with Crippen LogP contribution in [0.25, 0.3) is 22.0 Å². The van der Waals surface area contributed by atoms with Gasteiger partial charge >= 0.3 is 0 Å². The van der Waals surface area contributed by atoms with E-state index in [1.54, 1.807) is 0 Å². The summed E-state index contributed by atoms with van der Waals surface area (Å²) >= 11 is 1.46. The molecule has 3 aromatic rings. The predicted octanol–water partition coefficient (Wildman–Crippen LogP) is 5.84. The maximum Gasteiger partial charge on any atom is 0.173 e. The number of nitrogens with zero attached hydrogens (tertiary/aromatic N) is 2. The average Bonchev–Trinajstić information content (AvgIpc) is 3.06. The fourth-order valence-electron chi connectivity index (χ4n) is 3.00. The molecule has 2 aromatic carbocycles. The first-order valence-electron chi connectivity index (χ1n) is 8.69. The van der Waals surface area contributed by atoms with Gasteiger partial charge in [-0.25, -0.2) is 4.98 Å². The molecule has 4 heteroatoms. The van der Waals surface area contributed by atoms with Crippen molar-refractivity contribution in [2.75, 3.05) is 0 Å². The molecule has 0 spiro atoms. The minimum atomic E-state index is 0.169. The van der Waals surface area contributed by atoms with E-state index in [-0.39, 0.29) is 6.10 Å². The highest BCUT2D eigenvalue weighted by Crippen LogP contribution is 2.32. The van der Waals surface area contributed by atoms with Gasteiger partial charge in [-0.2, -0.15) is 4.37 Å². The van der Waals surface area contributed by atoms with Gasteiger partial charge in [-0.05, 0) is 80.5 Å². The van der Waals surface area contributed by atoms with Crippen LogP contribution in [-0.2, 0) is 6.42 Å². The van der Waals surface area contributed by atoms with Crippen molar-refractivity contribution < 1.29 is 4.74 Å². The van der Waals surface area contributed by atoms with E-state index in [2.05, 4.69) is 49.4 Å². The topological polar surface area (TPSA) is 35.0 Å². The van der Waals surface area contributed by atoms with Gasteiger partial charge in [0.1, 0.15) is 10.8 Å². The van der Waals surface area contributed by atoms with Gasteiger partial charge in [-0.15, -0.1) is 0 Å². The third-order valence-corrected chi connectivity index (χ3v) is 4.96. The lowest BCUT2D eigenvalue weighted by molar-refractivity contribution is 0.241. The number of aromatic nitrogens is 2. The summed E-state index contributed by atoms with van der Waals surface area (Å²) in [5.74, 6) is 1.70. The van der Waals surface area contributed by atoms with E-state index in [1.807, 2.05) is 26.0 Å². The second-order valence-electron chi connectivity index (χ2n) is 6.52. The normalized spacial score (nSPS) is 11.1. The zero-order valence-electron chi connectivity index (χ0n) is 15.5. The number of ether oxygens (including phenoxy) is 1. The monoisotopic (exact) mass is 352 g/mol. The van der Waals surface area contributed by atoms with Crippen molar-refractivity contribution >= 4 is 11.5 Å². The van der Waals surface area contributed by atoms with Crippen molar-refractivity contribution in [3.8, 4) is 27.7 Å². The van der Waals surface area contributed by atoms with Gasteiger partial charge in [0.15, 0.2) is 5.82 Å². The van der Waals surface area contributed by atoms with Gasteiger partial charge in [-0.1, -0.05) is 25.1 Å². The van der Waals surface area contributed by atoms with Crippen LogP contribution < -0.4 is 4.74 Å². The van der Waals surface area contributed by atoms with Gasteiger partial charge < -0.3 is 4.74 Å². The summed E-state index contributed by atoms with van der Waals surface area (Å²) in [5, 5.41) is 0.982. The number of aryl methyl sites for hydroxylation is 2. The number of rotatable bonds is 5. The molecule has 0 aliphatic rings. The number of benzene rings is 2. The van der Waals surface area contributed by atoms with Gasteiger partial charge in [0.05, 0.1) is 6.10 Å². The lowest BCUT2D eigenvalue weighted by Gasteiger charge is -2.12. The Hall–Kier alpha value is -2.20. The quantitative estimate of drug-likeness (QED) is 0.579. The highest BCUT2D eigenvalue weighted by Gasteiger charge is 2.13.